The van der Waals surface area contributed by atoms with Crippen molar-refractivity contribution in [2.45, 2.75) is 0 Å². The second-order valence-electron chi connectivity index (χ2n) is 6.66. The number of hydrogen-bond acceptors (Lipinski definition) is 1. The zero-order chi connectivity index (χ0) is 15.4. The molecule has 0 radical (unpaired) electrons. The third-order valence-electron chi connectivity index (χ3n) is 5.52. The molecule has 0 bridgehead atoms. The molecule has 0 fully saturated rings. The summed E-state index contributed by atoms with van der Waals surface area (Å²) < 4.78 is 2.78. The number of thiophene rings is 1. The molecule has 0 unspecified atom stereocenters. The fourth-order valence-corrected chi connectivity index (χ4v) is 5.75. The minimum absolute atomic E-state index is 1.23. The van der Waals surface area contributed by atoms with E-state index in [4.69, 9.17) is 0 Å². The van der Waals surface area contributed by atoms with E-state index in [1.54, 1.807) is 0 Å². The van der Waals surface area contributed by atoms with Gasteiger partial charge in [-0.25, -0.2) is 0 Å². The highest BCUT2D eigenvalue weighted by molar-refractivity contribution is 7.26. The second kappa shape index (κ2) is 3.63. The number of hydrogen-bond donors (Lipinski definition) is 1. The Bertz CT molecular complexity index is 1390. The molecule has 24 heavy (non-hydrogen) atoms. The lowest BCUT2D eigenvalue weighted by Crippen LogP contribution is -1.79. The number of rotatable bonds is 0. The lowest BCUT2D eigenvalue weighted by atomic mass is 9.98. The van der Waals surface area contributed by atoms with Crippen LogP contribution in [0.2, 0.25) is 0 Å². The molecule has 1 aliphatic rings. The molecule has 2 aromatic heterocycles. The Morgan fingerprint density at radius 1 is 0.542 bits per heavy atom. The SMILES string of the molecule is c1cc2c3c(c1)[nH]c1ccc4ccc5sc6cccc-2c6c5c4c13. The first-order chi connectivity index (χ1) is 11.9. The Hall–Kier alpha value is -2.84. The van der Waals surface area contributed by atoms with E-state index in [9.17, 15) is 0 Å². The molecule has 0 aliphatic heterocycles. The number of fused-ring (bicyclic) bond motifs is 1. The fraction of sp³-hybridized carbons (Fsp3) is 0. The first-order valence-electron chi connectivity index (χ1n) is 8.22. The Balaban J connectivity index is 2.06. The van der Waals surface area contributed by atoms with Gasteiger partial charge in [0.1, 0.15) is 0 Å². The molecule has 0 saturated carbocycles. The smallest absolute Gasteiger partial charge is 0.0471 e. The van der Waals surface area contributed by atoms with Gasteiger partial charge in [0.15, 0.2) is 0 Å². The van der Waals surface area contributed by atoms with Crippen LogP contribution in [0.3, 0.4) is 0 Å². The maximum Gasteiger partial charge on any atom is 0.0471 e. The van der Waals surface area contributed by atoms with E-state index >= 15 is 0 Å². The van der Waals surface area contributed by atoms with Crippen LogP contribution in [0.5, 0.6) is 0 Å². The van der Waals surface area contributed by atoms with E-state index in [2.05, 4.69) is 65.6 Å². The summed E-state index contributed by atoms with van der Waals surface area (Å²) in [7, 11) is 0. The molecular weight excluding hydrogens is 310 g/mol. The summed E-state index contributed by atoms with van der Waals surface area (Å²) in [6, 6.07) is 22.4. The Morgan fingerprint density at radius 2 is 1.29 bits per heavy atom. The van der Waals surface area contributed by atoms with Gasteiger partial charge < -0.3 is 4.98 Å². The van der Waals surface area contributed by atoms with Gasteiger partial charge in [-0.1, -0.05) is 36.4 Å². The molecule has 1 nitrogen and oxygen atoms in total. The molecule has 4 aromatic carbocycles. The number of H-pyrrole nitrogens is 1. The largest absolute Gasteiger partial charge is 0.354 e. The normalized spacial score (nSPS) is 13.0. The quantitative estimate of drug-likeness (QED) is 0.315. The third kappa shape index (κ3) is 1.12. The van der Waals surface area contributed by atoms with Gasteiger partial charge in [-0.3, -0.25) is 0 Å². The van der Waals surface area contributed by atoms with Gasteiger partial charge >= 0.3 is 0 Å². The van der Waals surface area contributed by atoms with E-state index in [0.29, 0.717) is 0 Å². The third-order valence-corrected chi connectivity index (χ3v) is 6.64. The lowest BCUT2D eigenvalue weighted by molar-refractivity contribution is 1.55. The maximum absolute atomic E-state index is 3.63. The van der Waals surface area contributed by atoms with Gasteiger partial charge in [0, 0.05) is 47.4 Å². The van der Waals surface area contributed by atoms with Crippen molar-refractivity contribution in [3.63, 3.8) is 0 Å². The van der Waals surface area contributed by atoms with Gasteiger partial charge in [0.05, 0.1) is 0 Å². The molecule has 0 amide bonds. The molecule has 1 N–H and O–H groups in total. The molecule has 6 aromatic rings. The van der Waals surface area contributed by atoms with Crippen LogP contribution in [0.1, 0.15) is 0 Å². The maximum atomic E-state index is 3.63. The zero-order valence-corrected chi connectivity index (χ0v) is 13.5. The zero-order valence-electron chi connectivity index (χ0n) is 12.7. The first kappa shape index (κ1) is 11.7. The second-order valence-corrected chi connectivity index (χ2v) is 7.74. The molecular formula is C22H11NS. The number of nitrogens with one attached hydrogen (secondary N) is 1. The molecule has 2 heteroatoms. The molecule has 0 atom stereocenters. The van der Waals surface area contributed by atoms with Crippen LogP contribution in [0.25, 0.3) is 63.9 Å². The van der Waals surface area contributed by atoms with Crippen LogP contribution in [0, 0.1) is 0 Å². The van der Waals surface area contributed by atoms with E-state index in [1.807, 2.05) is 11.3 Å². The number of aromatic amines is 1. The highest BCUT2D eigenvalue weighted by Crippen LogP contribution is 2.50. The Kier molecular flexibility index (Phi) is 1.76. The van der Waals surface area contributed by atoms with Crippen molar-refractivity contribution in [1.82, 2.24) is 4.98 Å². The van der Waals surface area contributed by atoms with Gasteiger partial charge in [-0.2, -0.15) is 0 Å². The van der Waals surface area contributed by atoms with E-state index in [-0.39, 0.29) is 0 Å². The van der Waals surface area contributed by atoms with E-state index in [1.165, 1.54) is 63.9 Å². The molecule has 2 heterocycles. The van der Waals surface area contributed by atoms with Crippen LogP contribution in [0.4, 0.5) is 0 Å². The number of benzene rings is 4. The summed E-state index contributed by atoms with van der Waals surface area (Å²) >= 11 is 1.91. The topological polar surface area (TPSA) is 15.8 Å². The summed E-state index contributed by atoms with van der Waals surface area (Å²) in [5.41, 5.74) is 5.20. The van der Waals surface area contributed by atoms with Gasteiger partial charge in [-0.05, 0) is 40.8 Å². The van der Waals surface area contributed by atoms with Gasteiger partial charge in [-0.15, -0.1) is 11.3 Å². The van der Waals surface area contributed by atoms with Crippen LogP contribution in [-0.4, -0.2) is 4.98 Å². The van der Waals surface area contributed by atoms with Crippen molar-refractivity contribution in [3.8, 4) is 11.1 Å². The molecule has 0 spiro atoms. The van der Waals surface area contributed by atoms with E-state index < -0.39 is 0 Å². The van der Waals surface area contributed by atoms with Crippen LogP contribution >= 0.6 is 11.3 Å². The molecule has 7 rings (SSSR count). The minimum atomic E-state index is 1.23. The van der Waals surface area contributed by atoms with Crippen molar-refractivity contribution < 1.29 is 0 Å². The average Bonchev–Trinajstić information content (AvgIpc) is 3.14. The lowest BCUT2D eigenvalue weighted by Gasteiger charge is -2.05. The van der Waals surface area contributed by atoms with Gasteiger partial charge in [0.2, 0.25) is 0 Å². The minimum Gasteiger partial charge on any atom is -0.354 e. The summed E-state index contributed by atoms with van der Waals surface area (Å²) in [5, 5.41) is 8.38. The van der Waals surface area contributed by atoms with Crippen LogP contribution < -0.4 is 0 Å². The fourth-order valence-electron chi connectivity index (χ4n) is 4.61. The molecule has 0 saturated heterocycles. The predicted molar refractivity (Wildman–Crippen MR) is 105 cm³/mol. The van der Waals surface area contributed by atoms with Crippen molar-refractivity contribution in [3.05, 3.63) is 60.7 Å². The Morgan fingerprint density at radius 3 is 2.25 bits per heavy atom. The van der Waals surface area contributed by atoms with Gasteiger partial charge in [0.25, 0.3) is 0 Å². The summed E-state index contributed by atoms with van der Waals surface area (Å²) in [4.78, 5) is 3.63. The average molecular weight is 321 g/mol. The highest BCUT2D eigenvalue weighted by atomic mass is 32.1. The van der Waals surface area contributed by atoms with Crippen LogP contribution in [0.15, 0.2) is 60.7 Å². The monoisotopic (exact) mass is 321 g/mol. The van der Waals surface area contributed by atoms with Crippen LogP contribution in [-0.2, 0) is 0 Å². The molecule has 110 valence electrons. The number of aromatic nitrogens is 1. The highest BCUT2D eigenvalue weighted by Gasteiger charge is 2.22. The van der Waals surface area contributed by atoms with Crippen molar-refractivity contribution in [2.75, 3.05) is 0 Å². The summed E-state index contributed by atoms with van der Waals surface area (Å²) in [6.45, 7) is 0. The van der Waals surface area contributed by atoms with Crippen molar-refractivity contribution >= 4 is 64.1 Å². The van der Waals surface area contributed by atoms with E-state index in [0.717, 1.165) is 0 Å². The first-order valence-corrected chi connectivity index (χ1v) is 9.03. The molecule has 1 aliphatic carbocycles. The van der Waals surface area contributed by atoms with Crippen molar-refractivity contribution in [1.29, 1.82) is 0 Å². The van der Waals surface area contributed by atoms with Crippen molar-refractivity contribution in [2.24, 2.45) is 0 Å². The summed E-state index contributed by atoms with van der Waals surface area (Å²) in [6.07, 6.45) is 0. The Labute approximate surface area is 141 Å². The predicted octanol–water partition coefficient (Wildman–Crippen LogP) is 6.82. The standard InChI is InChI=1S/C22H11NS/c1-3-12-13-4-2-6-16-20(13)22-17(24-16)10-8-11-7-9-15-21(18(11)22)19(12)14(5-1)23-15/h1-10,23H. The summed E-state index contributed by atoms with van der Waals surface area (Å²) in [5.74, 6) is 0.